The molecular weight excluding hydrogens is 448 g/mol. The SMILES string of the molecule is CCN(CC)S(=O)(=O)c1ccc(C(C)NC(=O)C2(c3ccc(Cl)cc3)CCOCC2)cc1. The Morgan fingerprint density at radius 3 is 2.16 bits per heavy atom. The van der Waals surface area contributed by atoms with E-state index in [1.54, 1.807) is 36.4 Å². The number of rotatable bonds is 8. The lowest BCUT2D eigenvalue weighted by Crippen LogP contribution is -2.48. The van der Waals surface area contributed by atoms with E-state index in [0.29, 0.717) is 44.2 Å². The number of carbonyl (C=O) groups is 1. The van der Waals surface area contributed by atoms with E-state index in [4.69, 9.17) is 16.3 Å². The second-order valence-corrected chi connectivity index (χ2v) is 10.4. The number of halogens is 1. The van der Waals surface area contributed by atoms with Gasteiger partial charge in [0.05, 0.1) is 16.4 Å². The molecule has 1 atom stereocenters. The number of amides is 1. The smallest absolute Gasteiger partial charge is 0.243 e. The molecule has 2 aromatic rings. The molecule has 0 radical (unpaired) electrons. The van der Waals surface area contributed by atoms with Gasteiger partial charge in [0.25, 0.3) is 0 Å². The van der Waals surface area contributed by atoms with Gasteiger partial charge in [-0.05, 0) is 55.2 Å². The maximum absolute atomic E-state index is 13.5. The van der Waals surface area contributed by atoms with Crippen molar-refractivity contribution in [2.24, 2.45) is 0 Å². The number of carbonyl (C=O) groups excluding carboxylic acids is 1. The van der Waals surface area contributed by atoms with Crippen molar-refractivity contribution in [1.29, 1.82) is 0 Å². The number of nitrogens with zero attached hydrogens (tertiary/aromatic N) is 1. The summed E-state index contributed by atoms with van der Waals surface area (Å²) < 4.78 is 32.4. The highest BCUT2D eigenvalue weighted by molar-refractivity contribution is 7.89. The van der Waals surface area contributed by atoms with E-state index in [9.17, 15) is 13.2 Å². The maximum atomic E-state index is 13.5. The molecule has 6 nitrogen and oxygen atoms in total. The van der Waals surface area contributed by atoms with Crippen LogP contribution in [-0.2, 0) is 25.0 Å². The first-order valence-electron chi connectivity index (χ1n) is 11.0. The van der Waals surface area contributed by atoms with Crippen LogP contribution in [0, 0.1) is 0 Å². The summed E-state index contributed by atoms with van der Waals surface area (Å²) in [6, 6.07) is 13.9. The molecule has 2 aromatic carbocycles. The Morgan fingerprint density at radius 1 is 1.06 bits per heavy atom. The van der Waals surface area contributed by atoms with Crippen molar-refractivity contribution >= 4 is 27.5 Å². The van der Waals surface area contributed by atoms with E-state index in [-0.39, 0.29) is 16.8 Å². The summed E-state index contributed by atoms with van der Waals surface area (Å²) in [5, 5.41) is 3.76. The Labute approximate surface area is 196 Å². The molecule has 0 aromatic heterocycles. The average Bonchev–Trinajstić information content (AvgIpc) is 2.80. The van der Waals surface area contributed by atoms with E-state index in [1.165, 1.54) is 4.31 Å². The molecule has 174 valence electrons. The summed E-state index contributed by atoms with van der Waals surface area (Å²) in [5.41, 5.74) is 1.09. The lowest BCUT2D eigenvalue weighted by atomic mass is 9.73. The second kappa shape index (κ2) is 10.3. The highest BCUT2D eigenvalue weighted by Crippen LogP contribution is 2.36. The van der Waals surface area contributed by atoms with Gasteiger partial charge >= 0.3 is 0 Å². The molecule has 0 spiro atoms. The molecule has 32 heavy (non-hydrogen) atoms. The normalized spacial score (nSPS) is 17.2. The third kappa shape index (κ3) is 5.01. The second-order valence-electron chi connectivity index (χ2n) is 8.05. The van der Waals surface area contributed by atoms with E-state index in [1.807, 2.05) is 32.9 Å². The molecule has 0 aliphatic carbocycles. The zero-order valence-electron chi connectivity index (χ0n) is 18.8. The Hall–Kier alpha value is -1.93. The quantitative estimate of drug-likeness (QED) is 0.613. The molecule has 3 rings (SSSR count). The van der Waals surface area contributed by atoms with Crippen molar-refractivity contribution < 1.29 is 17.9 Å². The highest BCUT2D eigenvalue weighted by Gasteiger charge is 2.42. The molecule has 1 heterocycles. The summed E-state index contributed by atoms with van der Waals surface area (Å²) in [4.78, 5) is 13.7. The largest absolute Gasteiger partial charge is 0.381 e. The molecule has 1 aliphatic rings. The molecule has 1 aliphatic heterocycles. The van der Waals surface area contributed by atoms with Crippen LogP contribution in [0.5, 0.6) is 0 Å². The van der Waals surface area contributed by atoms with Crippen LogP contribution in [0.1, 0.15) is 50.8 Å². The van der Waals surface area contributed by atoms with Gasteiger partial charge < -0.3 is 10.1 Å². The van der Waals surface area contributed by atoms with Crippen molar-refractivity contribution in [3.8, 4) is 0 Å². The van der Waals surface area contributed by atoms with Crippen LogP contribution in [0.2, 0.25) is 5.02 Å². The Kier molecular flexibility index (Phi) is 7.98. The molecule has 1 amide bonds. The lowest BCUT2D eigenvalue weighted by molar-refractivity contribution is -0.131. The molecule has 8 heteroatoms. The first-order valence-corrected chi connectivity index (χ1v) is 12.8. The van der Waals surface area contributed by atoms with Crippen LogP contribution in [-0.4, -0.2) is 44.9 Å². The summed E-state index contributed by atoms with van der Waals surface area (Å²) in [7, 11) is -3.51. The Balaban J connectivity index is 1.80. The van der Waals surface area contributed by atoms with Gasteiger partial charge in [0.15, 0.2) is 0 Å². The van der Waals surface area contributed by atoms with Crippen LogP contribution in [0.25, 0.3) is 0 Å². The fourth-order valence-corrected chi connectivity index (χ4v) is 5.78. The Bertz CT molecular complexity index is 1010. The van der Waals surface area contributed by atoms with Crippen molar-refractivity contribution in [1.82, 2.24) is 9.62 Å². The van der Waals surface area contributed by atoms with Crippen molar-refractivity contribution in [2.75, 3.05) is 26.3 Å². The summed E-state index contributed by atoms with van der Waals surface area (Å²) >= 11 is 6.05. The predicted molar refractivity (Wildman–Crippen MR) is 126 cm³/mol. The van der Waals surface area contributed by atoms with Crippen LogP contribution in [0.15, 0.2) is 53.4 Å². The van der Waals surface area contributed by atoms with Gasteiger partial charge in [-0.3, -0.25) is 4.79 Å². The molecule has 0 bridgehead atoms. The minimum Gasteiger partial charge on any atom is -0.381 e. The molecule has 1 fully saturated rings. The monoisotopic (exact) mass is 478 g/mol. The average molecular weight is 479 g/mol. The van der Waals surface area contributed by atoms with E-state index >= 15 is 0 Å². The number of nitrogens with one attached hydrogen (secondary N) is 1. The fourth-order valence-electron chi connectivity index (χ4n) is 4.19. The van der Waals surface area contributed by atoms with Crippen LogP contribution in [0.4, 0.5) is 0 Å². The minimum atomic E-state index is -3.51. The third-order valence-electron chi connectivity index (χ3n) is 6.25. The summed E-state index contributed by atoms with van der Waals surface area (Å²) in [6.45, 7) is 7.41. The van der Waals surface area contributed by atoms with Gasteiger partial charge in [0.1, 0.15) is 0 Å². The number of hydrogen-bond donors (Lipinski definition) is 1. The van der Waals surface area contributed by atoms with E-state index in [2.05, 4.69) is 5.32 Å². The zero-order valence-corrected chi connectivity index (χ0v) is 20.4. The van der Waals surface area contributed by atoms with Crippen molar-refractivity contribution in [3.05, 3.63) is 64.7 Å². The molecule has 1 unspecified atom stereocenters. The highest BCUT2D eigenvalue weighted by atomic mass is 35.5. The van der Waals surface area contributed by atoms with Crippen LogP contribution >= 0.6 is 11.6 Å². The van der Waals surface area contributed by atoms with Gasteiger partial charge in [-0.1, -0.05) is 49.7 Å². The lowest BCUT2D eigenvalue weighted by Gasteiger charge is -2.37. The van der Waals surface area contributed by atoms with E-state index < -0.39 is 15.4 Å². The maximum Gasteiger partial charge on any atom is 0.243 e. The molecule has 1 N–H and O–H groups in total. The number of sulfonamides is 1. The van der Waals surface area contributed by atoms with Crippen molar-refractivity contribution in [3.63, 3.8) is 0 Å². The zero-order chi connectivity index (χ0) is 23.4. The standard InChI is InChI=1S/C24H31ClN2O4S/c1-4-27(5-2)32(29,30)22-12-6-19(7-13-22)18(3)26-23(28)24(14-16-31-17-15-24)20-8-10-21(25)11-9-20/h6-13,18H,4-5,14-17H2,1-3H3,(H,26,28). The molecular formula is C24H31ClN2O4S. The number of ether oxygens (including phenoxy) is 1. The van der Waals surface area contributed by atoms with Crippen LogP contribution < -0.4 is 5.32 Å². The van der Waals surface area contributed by atoms with Gasteiger partial charge in [0, 0.05) is 31.3 Å². The summed E-state index contributed by atoms with van der Waals surface area (Å²) in [5.74, 6) is -0.0598. The molecule has 1 saturated heterocycles. The summed E-state index contributed by atoms with van der Waals surface area (Å²) in [6.07, 6.45) is 1.18. The van der Waals surface area contributed by atoms with Gasteiger partial charge in [-0.15, -0.1) is 0 Å². The first-order chi connectivity index (χ1) is 15.2. The molecule has 0 saturated carbocycles. The van der Waals surface area contributed by atoms with E-state index in [0.717, 1.165) is 11.1 Å². The number of benzene rings is 2. The third-order valence-corrected chi connectivity index (χ3v) is 8.56. The van der Waals surface area contributed by atoms with Gasteiger partial charge in [-0.25, -0.2) is 8.42 Å². The van der Waals surface area contributed by atoms with Crippen molar-refractivity contribution in [2.45, 2.75) is 50.0 Å². The van der Waals surface area contributed by atoms with Gasteiger partial charge in [0.2, 0.25) is 15.9 Å². The topological polar surface area (TPSA) is 75.7 Å². The minimum absolute atomic E-state index is 0.0598. The van der Waals surface area contributed by atoms with Gasteiger partial charge in [-0.2, -0.15) is 4.31 Å². The number of hydrogen-bond acceptors (Lipinski definition) is 4. The first kappa shape index (κ1) is 24.7. The Morgan fingerprint density at radius 2 is 1.62 bits per heavy atom. The van der Waals surface area contributed by atoms with Crippen LogP contribution in [0.3, 0.4) is 0 Å². The predicted octanol–water partition coefficient (Wildman–Crippen LogP) is 4.30. The fraction of sp³-hybridized carbons (Fsp3) is 0.458.